The summed E-state index contributed by atoms with van der Waals surface area (Å²) in [7, 11) is 0. The molecule has 3 rings (SSSR count). The number of aromatic nitrogens is 3. The number of nitrogens with zero attached hydrogens (tertiary/aromatic N) is 4. The molecule has 2 aromatic rings. The van der Waals surface area contributed by atoms with Crippen molar-refractivity contribution in [3.05, 3.63) is 36.8 Å². The molecule has 1 fully saturated rings. The van der Waals surface area contributed by atoms with Gasteiger partial charge in [0.25, 0.3) is 0 Å². The molecular weight excluding hydrogens is 340 g/mol. The molecule has 1 aliphatic rings. The van der Waals surface area contributed by atoms with Gasteiger partial charge in [-0.2, -0.15) is 4.98 Å². The summed E-state index contributed by atoms with van der Waals surface area (Å²) in [5.41, 5.74) is 0.902. The fourth-order valence-electron chi connectivity index (χ4n) is 2.95. The van der Waals surface area contributed by atoms with Crippen LogP contribution in [0.5, 0.6) is 0 Å². The summed E-state index contributed by atoms with van der Waals surface area (Å²) in [4.78, 5) is 15.1. The fourth-order valence-corrected chi connectivity index (χ4v) is 3.24. The maximum atomic E-state index is 10.6. The quantitative estimate of drug-likeness (QED) is 0.647. The molecule has 0 amide bonds. The van der Waals surface area contributed by atoms with E-state index in [2.05, 4.69) is 29.9 Å². The van der Waals surface area contributed by atoms with Crippen molar-refractivity contribution in [1.82, 2.24) is 19.7 Å². The predicted octanol–water partition coefficient (Wildman–Crippen LogP) is 1.95. The van der Waals surface area contributed by atoms with Crippen LogP contribution in [0.3, 0.4) is 0 Å². The number of piperidine rings is 1. The Morgan fingerprint density at radius 3 is 2.68 bits per heavy atom. The highest BCUT2D eigenvalue weighted by Gasteiger charge is 2.20. The van der Waals surface area contributed by atoms with Crippen molar-refractivity contribution in [2.75, 3.05) is 29.9 Å². The van der Waals surface area contributed by atoms with Gasteiger partial charge in [-0.1, -0.05) is 0 Å². The minimum Gasteiger partial charge on any atom is -0.356 e. The fraction of sp³-hybridized carbons (Fsp3) is 0.438. The molecule has 1 unspecified atom stereocenters. The highest BCUT2D eigenvalue weighted by Crippen LogP contribution is 2.24. The van der Waals surface area contributed by atoms with Crippen LogP contribution >= 0.6 is 0 Å². The molecule has 1 aliphatic heterocycles. The number of rotatable bonds is 7. The lowest BCUT2D eigenvalue weighted by molar-refractivity contribution is 0.380. The third-order valence-electron chi connectivity index (χ3n) is 4.29. The molecule has 0 spiro atoms. The van der Waals surface area contributed by atoms with E-state index in [1.807, 2.05) is 18.2 Å². The Balaban J connectivity index is 1.53. The second-order valence-corrected chi connectivity index (χ2v) is 6.75. The van der Waals surface area contributed by atoms with E-state index in [9.17, 15) is 4.21 Å². The molecule has 0 radical (unpaired) electrons. The summed E-state index contributed by atoms with van der Waals surface area (Å²) in [5, 5.41) is 3.18. The van der Waals surface area contributed by atoms with Crippen molar-refractivity contribution in [2.24, 2.45) is 5.92 Å². The van der Waals surface area contributed by atoms with Gasteiger partial charge in [0.2, 0.25) is 17.2 Å². The number of hydrogen-bond acceptors (Lipinski definition) is 6. The summed E-state index contributed by atoms with van der Waals surface area (Å²) < 4.78 is 21.9. The monoisotopic (exact) mass is 362 g/mol. The van der Waals surface area contributed by atoms with Crippen LogP contribution in [-0.2, 0) is 11.3 Å². The Morgan fingerprint density at radius 2 is 1.96 bits per heavy atom. The zero-order chi connectivity index (χ0) is 17.5. The predicted molar refractivity (Wildman–Crippen MR) is 97.9 cm³/mol. The highest BCUT2D eigenvalue weighted by atomic mass is 32.2. The van der Waals surface area contributed by atoms with Crippen LogP contribution in [0, 0.1) is 5.92 Å². The summed E-state index contributed by atoms with van der Waals surface area (Å²) in [6, 6.07) is 5.67. The lowest BCUT2D eigenvalue weighted by atomic mass is 9.94. The van der Waals surface area contributed by atoms with E-state index < -0.39 is 11.3 Å². The molecular formula is C16H22N6O2S. The average molecular weight is 362 g/mol. The Labute approximate surface area is 149 Å². The summed E-state index contributed by atoms with van der Waals surface area (Å²) in [5.74, 6) is 2.06. The molecule has 2 aromatic heterocycles. The lowest BCUT2D eigenvalue weighted by Crippen LogP contribution is -2.35. The van der Waals surface area contributed by atoms with Crippen molar-refractivity contribution >= 4 is 28.7 Å². The molecule has 134 valence electrons. The summed E-state index contributed by atoms with van der Waals surface area (Å²) in [6.45, 7) is 2.43. The van der Waals surface area contributed by atoms with Gasteiger partial charge in [0, 0.05) is 43.9 Å². The third-order valence-corrected chi connectivity index (χ3v) is 4.75. The lowest BCUT2D eigenvalue weighted by Gasteiger charge is -2.32. The van der Waals surface area contributed by atoms with Crippen LogP contribution in [0.1, 0.15) is 19.3 Å². The average Bonchev–Trinajstić information content (AvgIpc) is 2.63. The van der Waals surface area contributed by atoms with E-state index in [-0.39, 0.29) is 0 Å². The van der Waals surface area contributed by atoms with Crippen molar-refractivity contribution in [3.63, 3.8) is 0 Å². The molecule has 9 heteroatoms. The number of hydrogen-bond donors (Lipinski definition) is 3. The molecule has 0 saturated carbocycles. The summed E-state index contributed by atoms with van der Waals surface area (Å²) in [6.07, 6.45) is 8.22. The first-order valence-electron chi connectivity index (χ1n) is 8.30. The molecule has 25 heavy (non-hydrogen) atoms. The first kappa shape index (κ1) is 17.7. The minimum atomic E-state index is -1.91. The number of pyridine rings is 1. The van der Waals surface area contributed by atoms with Crippen LogP contribution in [0.15, 0.2) is 36.8 Å². The van der Waals surface area contributed by atoms with Gasteiger partial charge in [0.15, 0.2) is 0 Å². The smallest absolute Gasteiger partial charge is 0.231 e. The van der Waals surface area contributed by atoms with Gasteiger partial charge in [0.1, 0.15) is 5.82 Å². The largest absolute Gasteiger partial charge is 0.356 e. The van der Waals surface area contributed by atoms with Crippen LogP contribution < -0.4 is 14.9 Å². The topological polar surface area (TPSA) is 103 Å². The second-order valence-electron chi connectivity index (χ2n) is 5.96. The zero-order valence-electron chi connectivity index (χ0n) is 13.8. The Kier molecular flexibility index (Phi) is 6.26. The van der Waals surface area contributed by atoms with Gasteiger partial charge in [0.05, 0.1) is 0 Å². The van der Waals surface area contributed by atoms with E-state index in [4.69, 9.17) is 4.55 Å². The Bertz CT molecular complexity index is 694. The van der Waals surface area contributed by atoms with E-state index in [0.717, 1.165) is 43.9 Å². The van der Waals surface area contributed by atoms with Crippen molar-refractivity contribution in [3.8, 4) is 0 Å². The van der Waals surface area contributed by atoms with Crippen molar-refractivity contribution in [2.45, 2.75) is 19.3 Å². The number of nitrogens with one attached hydrogen (secondary N) is 2. The van der Waals surface area contributed by atoms with Crippen molar-refractivity contribution < 1.29 is 8.76 Å². The van der Waals surface area contributed by atoms with E-state index in [0.29, 0.717) is 18.4 Å². The number of anilines is 3. The molecule has 3 N–H and O–H groups in total. The van der Waals surface area contributed by atoms with Gasteiger partial charge >= 0.3 is 0 Å². The molecule has 0 aliphatic carbocycles. The van der Waals surface area contributed by atoms with Gasteiger partial charge in [-0.25, -0.2) is 13.9 Å². The van der Waals surface area contributed by atoms with E-state index in [1.54, 1.807) is 18.6 Å². The van der Waals surface area contributed by atoms with Gasteiger partial charge in [-0.3, -0.25) is 9.54 Å². The standard InChI is InChI=1S/C16H22N6O2S/c23-25(24)19-10-1-13-5-11-22(12-6-13)15-4-9-18-16(21-15)20-14-2-7-17-8-3-14/h2-4,7-9,13,19H,1,5-6,10-12H2,(H,23,24)(H,17,18,20,21). The van der Waals surface area contributed by atoms with E-state index >= 15 is 0 Å². The van der Waals surface area contributed by atoms with Gasteiger partial charge in [-0.05, 0) is 43.4 Å². The zero-order valence-corrected chi connectivity index (χ0v) is 14.7. The molecule has 3 heterocycles. The van der Waals surface area contributed by atoms with Crippen LogP contribution in [-0.4, -0.2) is 43.3 Å². The summed E-state index contributed by atoms with van der Waals surface area (Å²) >= 11 is -1.91. The van der Waals surface area contributed by atoms with Gasteiger partial charge in [-0.15, -0.1) is 0 Å². The maximum Gasteiger partial charge on any atom is 0.231 e. The normalized spacial score (nSPS) is 16.6. The Morgan fingerprint density at radius 1 is 1.20 bits per heavy atom. The second kappa shape index (κ2) is 8.84. The maximum absolute atomic E-state index is 10.6. The first-order valence-corrected chi connectivity index (χ1v) is 9.41. The Hall–Kier alpha value is -2.10. The SMILES string of the molecule is O=S(O)NCCC1CCN(c2ccnc(Nc3ccncc3)n2)CC1. The molecule has 1 atom stereocenters. The molecule has 0 aromatic carbocycles. The van der Waals surface area contributed by atoms with E-state index in [1.165, 1.54) is 0 Å². The van der Waals surface area contributed by atoms with Crippen LogP contribution in [0.25, 0.3) is 0 Å². The van der Waals surface area contributed by atoms with Crippen molar-refractivity contribution in [1.29, 1.82) is 0 Å². The third kappa shape index (κ3) is 5.45. The van der Waals surface area contributed by atoms with Crippen LogP contribution in [0.2, 0.25) is 0 Å². The molecule has 1 saturated heterocycles. The van der Waals surface area contributed by atoms with Gasteiger partial charge < -0.3 is 10.2 Å². The highest BCUT2D eigenvalue weighted by molar-refractivity contribution is 7.77. The molecule has 8 nitrogen and oxygen atoms in total. The minimum absolute atomic E-state index is 0.570. The first-order chi connectivity index (χ1) is 12.2. The molecule has 0 bridgehead atoms. The van der Waals surface area contributed by atoms with Crippen LogP contribution in [0.4, 0.5) is 17.5 Å².